The van der Waals surface area contributed by atoms with Gasteiger partial charge in [-0.1, -0.05) is 38.7 Å². The topological polar surface area (TPSA) is 63.6 Å². The summed E-state index contributed by atoms with van der Waals surface area (Å²) in [5.41, 5.74) is 0. The minimum atomic E-state index is -3.83. The largest absolute Gasteiger partial charge is 0.494 e. The van der Waals surface area contributed by atoms with Gasteiger partial charge in [0.15, 0.2) is 0 Å². The summed E-state index contributed by atoms with van der Waals surface area (Å²) >= 11 is 0.445. The van der Waals surface area contributed by atoms with Crippen molar-refractivity contribution in [3.63, 3.8) is 0 Å². The van der Waals surface area contributed by atoms with Crippen molar-refractivity contribution >= 4 is 21.9 Å². The first-order valence-electron chi connectivity index (χ1n) is 8.60. The van der Waals surface area contributed by atoms with Gasteiger partial charge in [0.25, 0.3) is 10.1 Å². The standard InChI is InChI=1S/C18H26F2O4S2/c1-2-18(19,20)25-17-12-10-16(11-13-17)24-14-8-6-4-3-5-7-9-15-26(21,22)23/h2,10-13H,1,3-9,14-15H2,(H,21,22,23). The molecule has 0 saturated carbocycles. The molecule has 1 rings (SSSR count). The van der Waals surface area contributed by atoms with E-state index in [1.165, 1.54) is 0 Å². The van der Waals surface area contributed by atoms with E-state index in [0.29, 0.717) is 41.5 Å². The minimum Gasteiger partial charge on any atom is -0.494 e. The number of hydrogen-bond donors (Lipinski definition) is 1. The van der Waals surface area contributed by atoms with Gasteiger partial charge in [0.2, 0.25) is 0 Å². The number of ether oxygens (including phenoxy) is 1. The Hall–Kier alpha value is -1.12. The summed E-state index contributed by atoms with van der Waals surface area (Å²) in [6.45, 7) is 3.68. The van der Waals surface area contributed by atoms with E-state index < -0.39 is 15.4 Å². The van der Waals surface area contributed by atoms with Crippen LogP contribution in [0, 0.1) is 0 Å². The first kappa shape index (κ1) is 22.9. The molecule has 0 aliphatic rings. The van der Waals surface area contributed by atoms with Crippen LogP contribution in [0.5, 0.6) is 5.75 Å². The quantitative estimate of drug-likeness (QED) is 0.189. The molecule has 8 heteroatoms. The summed E-state index contributed by atoms with van der Waals surface area (Å²) in [5, 5.41) is -2.98. The van der Waals surface area contributed by atoms with Crippen molar-refractivity contribution in [3.05, 3.63) is 36.9 Å². The molecule has 0 atom stereocenters. The predicted molar refractivity (Wildman–Crippen MR) is 102 cm³/mol. The van der Waals surface area contributed by atoms with Crippen LogP contribution in [0.4, 0.5) is 8.78 Å². The molecular formula is C18H26F2O4S2. The molecule has 0 bridgehead atoms. The van der Waals surface area contributed by atoms with Gasteiger partial charge in [-0.2, -0.15) is 17.2 Å². The Kier molecular flexibility index (Phi) is 10.2. The van der Waals surface area contributed by atoms with E-state index in [9.17, 15) is 17.2 Å². The zero-order valence-corrected chi connectivity index (χ0v) is 16.3. The van der Waals surface area contributed by atoms with Gasteiger partial charge in [0.1, 0.15) is 5.75 Å². The molecule has 1 aromatic carbocycles. The number of rotatable bonds is 14. The van der Waals surface area contributed by atoms with Gasteiger partial charge in [0, 0.05) is 4.90 Å². The maximum Gasteiger partial charge on any atom is 0.316 e. The third-order valence-electron chi connectivity index (χ3n) is 3.63. The predicted octanol–water partition coefficient (Wildman–Crippen LogP) is 5.55. The molecular weight excluding hydrogens is 382 g/mol. The molecule has 1 aromatic rings. The molecule has 0 unspecified atom stereocenters. The fraction of sp³-hybridized carbons (Fsp3) is 0.556. The Morgan fingerprint density at radius 1 is 1.04 bits per heavy atom. The summed E-state index contributed by atoms with van der Waals surface area (Å²) in [6, 6.07) is 6.56. The zero-order valence-electron chi connectivity index (χ0n) is 14.7. The molecule has 1 N–H and O–H groups in total. The second-order valence-electron chi connectivity index (χ2n) is 5.95. The van der Waals surface area contributed by atoms with Crippen molar-refractivity contribution in [1.29, 1.82) is 0 Å². The Morgan fingerprint density at radius 3 is 2.12 bits per heavy atom. The van der Waals surface area contributed by atoms with E-state index in [4.69, 9.17) is 9.29 Å². The van der Waals surface area contributed by atoms with E-state index in [-0.39, 0.29) is 5.75 Å². The monoisotopic (exact) mass is 408 g/mol. The molecule has 26 heavy (non-hydrogen) atoms. The zero-order chi connectivity index (χ0) is 19.5. The normalized spacial score (nSPS) is 12.1. The average molecular weight is 409 g/mol. The smallest absolute Gasteiger partial charge is 0.316 e. The summed E-state index contributed by atoms with van der Waals surface area (Å²) in [7, 11) is -3.83. The van der Waals surface area contributed by atoms with Crippen LogP contribution >= 0.6 is 11.8 Å². The number of thioether (sulfide) groups is 1. The maximum atomic E-state index is 13.2. The molecule has 0 fully saturated rings. The summed E-state index contributed by atoms with van der Waals surface area (Å²) in [4.78, 5) is 0.455. The Morgan fingerprint density at radius 2 is 1.58 bits per heavy atom. The number of halogens is 2. The van der Waals surface area contributed by atoms with Gasteiger partial charge in [-0.25, -0.2) is 0 Å². The van der Waals surface area contributed by atoms with Gasteiger partial charge >= 0.3 is 5.25 Å². The van der Waals surface area contributed by atoms with Crippen molar-refractivity contribution in [3.8, 4) is 5.75 Å². The molecule has 148 valence electrons. The average Bonchev–Trinajstić information content (AvgIpc) is 2.57. The Balaban J connectivity index is 2.07. The highest BCUT2D eigenvalue weighted by molar-refractivity contribution is 8.00. The van der Waals surface area contributed by atoms with Gasteiger partial charge in [-0.3, -0.25) is 4.55 Å². The fourth-order valence-corrected chi connectivity index (χ4v) is 3.50. The van der Waals surface area contributed by atoms with E-state index in [1.54, 1.807) is 24.3 Å². The van der Waals surface area contributed by atoms with Crippen molar-refractivity contribution in [2.24, 2.45) is 0 Å². The van der Waals surface area contributed by atoms with Crippen LogP contribution in [0.2, 0.25) is 0 Å². The van der Waals surface area contributed by atoms with Crippen LogP contribution in [0.25, 0.3) is 0 Å². The number of benzene rings is 1. The van der Waals surface area contributed by atoms with Crippen LogP contribution in [-0.4, -0.2) is 30.6 Å². The highest BCUT2D eigenvalue weighted by atomic mass is 32.2. The molecule has 0 aliphatic carbocycles. The van der Waals surface area contributed by atoms with Gasteiger partial charge in [0.05, 0.1) is 12.4 Å². The highest BCUT2D eigenvalue weighted by Gasteiger charge is 2.25. The lowest BCUT2D eigenvalue weighted by molar-refractivity contribution is 0.163. The van der Waals surface area contributed by atoms with Crippen LogP contribution in [0.3, 0.4) is 0 Å². The summed E-state index contributed by atoms with van der Waals surface area (Å²) in [6.07, 6.45) is 6.84. The lowest BCUT2D eigenvalue weighted by Crippen LogP contribution is -2.04. The Bertz CT molecular complexity index is 631. The van der Waals surface area contributed by atoms with Gasteiger partial charge in [-0.15, -0.1) is 0 Å². The molecule has 0 aromatic heterocycles. The van der Waals surface area contributed by atoms with Gasteiger partial charge < -0.3 is 4.74 Å². The van der Waals surface area contributed by atoms with Crippen LogP contribution in [-0.2, 0) is 10.1 Å². The van der Waals surface area contributed by atoms with E-state index in [1.807, 2.05) is 0 Å². The number of hydrogen-bond acceptors (Lipinski definition) is 4. The van der Waals surface area contributed by atoms with E-state index >= 15 is 0 Å². The molecule has 4 nitrogen and oxygen atoms in total. The van der Waals surface area contributed by atoms with E-state index in [2.05, 4.69) is 6.58 Å². The Labute approximate surface area is 158 Å². The summed E-state index contributed by atoms with van der Waals surface area (Å²) in [5.74, 6) is 0.491. The molecule has 0 radical (unpaired) electrons. The van der Waals surface area contributed by atoms with Crippen LogP contribution in [0.1, 0.15) is 44.9 Å². The lowest BCUT2D eigenvalue weighted by Gasteiger charge is -2.11. The van der Waals surface area contributed by atoms with Crippen LogP contribution < -0.4 is 4.74 Å². The van der Waals surface area contributed by atoms with Gasteiger partial charge in [-0.05, 0) is 54.9 Å². The second-order valence-corrected chi connectivity index (χ2v) is 8.74. The SMILES string of the molecule is C=CC(F)(F)Sc1ccc(OCCCCCCCCCS(=O)(=O)O)cc1. The van der Waals surface area contributed by atoms with Crippen molar-refractivity contribution < 1.29 is 26.5 Å². The van der Waals surface area contributed by atoms with Crippen molar-refractivity contribution in [2.45, 2.75) is 55.1 Å². The fourth-order valence-electron chi connectivity index (χ4n) is 2.26. The lowest BCUT2D eigenvalue weighted by atomic mass is 10.1. The molecule has 0 aliphatic heterocycles. The third-order valence-corrected chi connectivity index (χ3v) is 5.38. The first-order chi connectivity index (χ1) is 12.2. The maximum absolute atomic E-state index is 13.2. The number of alkyl halides is 2. The highest BCUT2D eigenvalue weighted by Crippen LogP contribution is 2.37. The summed E-state index contributed by atoms with van der Waals surface area (Å²) < 4.78 is 61.7. The minimum absolute atomic E-state index is 0.163. The van der Waals surface area contributed by atoms with Crippen molar-refractivity contribution in [2.75, 3.05) is 12.4 Å². The first-order valence-corrected chi connectivity index (χ1v) is 11.0. The molecule has 0 amide bonds. The molecule has 0 saturated heterocycles. The third kappa shape index (κ3) is 11.5. The second kappa shape index (κ2) is 11.6. The molecule has 0 spiro atoms. The number of unbranched alkanes of at least 4 members (excludes halogenated alkanes) is 6. The van der Waals surface area contributed by atoms with E-state index in [0.717, 1.165) is 38.5 Å². The van der Waals surface area contributed by atoms with Crippen LogP contribution in [0.15, 0.2) is 41.8 Å². The molecule has 0 heterocycles. The van der Waals surface area contributed by atoms with Crippen molar-refractivity contribution in [1.82, 2.24) is 0 Å².